The monoisotopic (exact) mass is 283 g/mol. The zero-order chi connectivity index (χ0) is 10.1. The summed E-state index contributed by atoms with van der Waals surface area (Å²) in [5.74, 6) is -0.951. The summed E-state index contributed by atoms with van der Waals surface area (Å²) in [7, 11) is -3.26. The molecule has 0 saturated heterocycles. The van der Waals surface area contributed by atoms with Crippen LogP contribution in [0.25, 0.3) is 0 Å². The summed E-state index contributed by atoms with van der Waals surface area (Å²) in [5.41, 5.74) is 0.197. The number of hydrogen-bond donors (Lipinski definition) is 0. The highest BCUT2D eigenvalue weighted by Crippen LogP contribution is 2.16. The number of aromatic nitrogens is 1. The van der Waals surface area contributed by atoms with Crippen LogP contribution in [-0.4, -0.2) is 31.2 Å². The van der Waals surface area contributed by atoms with E-state index >= 15 is 0 Å². The van der Waals surface area contributed by atoms with Crippen molar-refractivity contribution in [2.45, 2.75) is 0 Å². The minimum Gasteiger partial charge on any atom is -0.291 e. The van der Waals surface area contributed by atoms with E-state index in [4.69, 9.17) is 0 Å². The van der Waals surface area contributed by atoms with Gasteiger partial charge in [-0.15, -0.1) is 11.3 Å². The Hall–Kier alpha value is -0.270. The maximum atomic E-state index is 11.2. The summed E-state index contributed by atoms with van der Waals surface area (Å²) in [6.45, 7) is 0. The van der Waals surface area contributed by atoms with Crippen LogP contribution in [0.5, 0.6) is 0 Å². The first kappa shape index (κ1) is 10.8. The van der Waals surface area contributed by atoms with Gasteiger partial charge in [-0.2, -0.15) is 0 Å². The van der Waals surface area contributed by atoms with Gasteiger partial charge < -0.3 is 0 Å². The molecule has 0 amide bonds. The van der Waals surface area contributed by atoms with Crippen molar-refractivity contribution in [1.82, 2.24) is 4.98 Å². The Morgan fingerprint density at radius 2 is 2.31 bits per heavy atom. The third-order valence-corrected chi connectivity index (χ3v) is 3.31. The first-order valence-corrected chi connectivity index (χ1v) is 6.94. The van der Waals surface area contributed by atoms with Crippen molar-refractivity contribution in [3.8, 4) is 0 Å². The highest BCUT2D eigenvalue weighted by atomic mass is 79.9. The number of sulfone groups is 1. The van der Waals surface area contributed by atoms with E-state index in [0.29, 0.717) is 3.92 Å². The van der Waals surface area contributed by atoms with Crippen molar-refractivity contribution >= 4 is 42.9 Å². The van der Waals surface area contributed by atoms with E-state index in [0.717, 1.165) is 6.26 Å². The van der Waals surface area contributed by atoms with E-state index in [1.807, 2.05) is 0 Å². The number of thiazole rings is 1. The van der Waals surface area contributed by atoms with Gasteiger partial charge in [-0.25, -0.2) is 13.4 Å². The molecule has 1 heterocycles. The van der Waals surface area contributed by atoms with E-state index in [-0.39, 0.29) is 5.69 Å². The summed E-state index contributed by atoms with van der Waals surface area (Å²) in [6.07, 6.45) is 1.02. The number of rotatable bonds is 3. The fourth-order valence-electron chi connectivity index (χ4n) is 0.692. The van der Waals surface area contributed by atoms with Crippen molar-refractivity contribution in [2.75, 3.05) is 12.0 Å². The zero-order valence-corrected chi connectivity index (χ0v) is 9.87. The molecule has 4 nitrogen and oxygen atoms in total. The summed E-state index contributed by atoms with van der Waals surface area (Å²) >= 11 is 4.33. The predicted octanol–water partition coefficient (Wildman–Crippen LogP) is 1.13. The second-order valence-corrected chi connectivity index (χ2v) is 6.75. The van der Waals surface area contributed by atoms with Gasteiger partial charge >= 0.3 is 0 Å². The van der Waals surface area contributed by atoms with Gasteiger partial charge in [0.15, 0.2) is 19.5 Å². The Morgan fingerprint density at radius 3 is 2.69 bits per heavy atom. The Balaban J connectivity index is 2.81. The van der Waals surface area contributed by atoms with Crippen LogP contribution < -0.4 is 0 Å². The van der Waals surface area contributed by atoms with Gasteiger partial charge in [-0.1, -0.05) is 0 Å². The van der Waals surface area contributed by atoms with Gasteiger partial charge in [0.1, 0.15) is 11.4 Å². The number of ketones is 1. The van der Waals surface area contributed by atoms with Crippen molar-refractivity contribution in [3.63, 3.8) is 0 Å². The Labute approximate surface area is 88.0 Å². The molecule has 0 aliphatic carbocycles. The molecule has 0 saturated carbocycles. The predicted molar refractivity (Wildman–Crippen MR) is 53.9 cm³/mol. The van der Waals surface area contributed by atoms with Crippen LogP contribution in [0.3, 0.4) is 0 Å². The van der Waals surface area contributed by atoms with Crippen molar-refractivity contribution < 1.29 is 13.2 Å². The second kappa shape index (κ2) is 3.85. The fourth-order valence-corrected chi connectivity index (χ4v) is 2.33. The summed E-state index contributed by atoms with van der Waals surface area (Å²) in [4.78, 5) is 15.0. The molecule has 0 spiro atoms. The van der Waals surface area contributed by atoms with Gasteiger partial charge in [0.2, 0.25) is 0 Å². The number of hydrogen-bond acceptors (Lipinski definition) is 5. The topological polar surface area (TPSA) is 64.1 Å². The van der Waals surface area contributed by atoms with Gasteiger partial charge in [-0.3, -0.25) is 4.79 Å². The lowest BCUT2D eigenvalue weighted by Gasteiger charge is -1.93. The molecule has 1 aromatic rings. The molecule has 0 atom stereocenters. The number of halogens is 1. The average Bonchev–Trinajstić information content (AvgIpc) is 2.31. The molecule has 13 heavy (non-hydrogen) atoms. The standard InChI is InChI=1S/C6H6BrNO3S2/c1-13(10,11)3-5(9)4-2-12-6(7)8-4/h2H,3H2,1H3. The lowest BCUT2D eigenvalue weighted by molar-refractivity contribution is 0.101. The van der Waals surface area contributed by atoms with E-state index in [1.165, 1.54) is 16.7 Å². The fraction of sp³-hybridized carbons (Fsp3) is 0.333. The molecule has 0 N–H and O–H groups in total. The molecule has 0 radical (unpaired) electrons. The molecule has 0 unspecified atom stereocenters. The molecular formula is C6H6BrNO3S2. The van der Waals surface area contributed by atoms with Crippen LogP contribution >= 0.6 is 27.3 Å². The van der Waals surface area contributed by atoms with Gasteiger partial charge in [0.05, 0.1) is 0 Å². The number of carbonyl (C=O) groups is 1. The van der Waals surface area contributed by atoms with Gasteiger partial charge in [0.25, 0.3) is 0 Å². The number of carbonyl (C=O) groups excluding carboxylic acids is 1. The SMILES string of the molecule is CS(=O)(=O)CC(=O)c1csc(Br)n1. The largest absolute Gasteiger partial charge is 0.291 e. The van der Waals surface area contributed by atoms with Crippen molar-refractivity contribution in [2.24, 2.45) is 0 Å². The zero-order valence-electron chi connectivity index (χ0n) is 6.65. The number of nitrogens with zero attached hydrogens (tertiary/aromatic N) is 1. The summed E-state index contributed by atoms with van der Waals surface area (Å²) < 4.78 is 22.1. The maximum absolute atomic E-state index is 11.2. The minimum absolute atomic E-state index is 0.197. The van der Waals surface area contributed by atoms with Crippen LogP contribution in [-0.2, 0) is 9.84 Å². The van der Waals surface area contributed by atoms with Crippen LogP contribution in [0, 0.1) is 0 Å². The molecule has 0 fully saturated rings. The summed E-state index contributed by atoms with van der Waals surface area (Å²) in [5, 5.41) is 1.53. The first-order valence-electron chi connectivity index (χ1n) is 3.20. The van der Waals surface area contributed by atoms with E-state index < -0.39 is 21.4 Å². The second-order valence-electron chi connectivity index (χ2n) is 2.48. The average molecular weight is 284 g/mol. The highest BCUT2D eigenvalue weighted by molar-refractivity contribution is 9.11. The lowest BCUT2D eigenvalue weighted by atomic mass is 10.4. The normalized spacial score (nSPS) is 11.5. The van der Waals surface area contributed by atoms with Crippen molar-refractivity contribution in [1.29, 1.82) is 0 Å². The van der Waals surface area contributed by atoms with Crippen molar-refractivity contribution in [3.05, 3.63) is 15.0 Å². The molecule has 0 aliphatic heterocycles. The first-order chi connectivity index (χ1) is 5.88. The van der Waals surface area contributed by atoms with E-state index in [1.54, 1.807) is 0 Å². The quantitative estimate of drug-likeness (QED) is 0.781. The molecule has 0 aliphatic rings. The summed E-state index contributed by atoms with van der Waals surface area (Å²) in [6, 6.07) is 0. The lowest BCUT2D eigenvalue weighted by Crippen LogP contribution is -2.14. The van der Waals surface area contributed by atoms with Gasteiger partial charge in [0, 0.05) is 11.6 Å². The molecule has 7 heteroatoms. The Bertz CT molecular complexity index is 423. The third kappa shape index (κ3) is 3.53. The minimum atomic E-state index is -3.26. The number of Topliss-reactive ketones (excluding diaryl/α,β-unsaturated/α-hetero) is 1. The maximum Gasteiger partial charge on any atom is 0.197 e. The van der Waals surface area contributed by atoms with E-state index in [9.17, 15) is 13.2 Å². The van der Waals surface area contributed by atoms with Gasteiger partial charge in [-0.05, 0) is 15.9 Å². The van der Waals surface area contributed by atoms with Crippen LogP contribution in [0.1, 0.15) is 10.5 Å². The third-order valence-electron chi connectivity index (χ3n) is 1.16. The smallest absolute Gasteiger partial charge is 0.197 e. The Morgan fingerprint density at radius 1 is 1.69 bits per heavy atom. The molecule has 72 valence electrons. The molecular weight excluding hydrogens is 278 g/mol. The van der Waals surface area contributed by atoms with Crippen LogP contribution in [0.15, 0.2) is 9.30 Å². The molecule has 1 aromatic heterocycles. The highest BCUT2D eigenvalue weighted by Gasteiger charge is 2.15. The molecule has 1 rings (SSSR count). The van der Waals surface area contributed by atoms with Crippen LogP contribution in [0.4, 0.5) is 0 Å². The Kier molecular flexibility index (Phi) is 3.20. The molecule has 0 aromatic carbocycles. The van der Waals surface area contributed by atoms with E-state index in [2.05, 4.69) is 20.9 Å². The van der Waals surface area contributed by atoms with Crippen LogP contribution in [0.2, 0.25) is 0 Å². The molecule has 0 bridgehead atoms.